The maximum absolute atomic E-state index is 12.0. The normalized spacial score (nSPS) is 16.1. The molecule has 0 saturated carbocycles. The van der Waals surface area contributed by atoms with Crippen molar-refractivity contribution in [2.24, 2.45) is 0 Å². The number of halogens is 3. The number of hydrogen-bond donors (Lipinski definition) is 2. The third kappa shape index (κ3) is 6.05. The molecular formula is C14H17F3N2O2S. The first-order chi connectivity index (χ1) is 10.4. The van der Waals surface area contributed by atoms with Crippen LogP contribution in [0.4, 0.5) is 23.7 Å². The zero-order chi connectivity index (χ0) is 16.0. The van der Waals surface area contributed by atoms with Gasteiger partial charge in [0.1, 0.15) is 5.75 Å². The average molecular weight is 334 g/mol. The van der Waals surface area contributed by atoms with E-state index in [0.717, 1.165) is 24.3 Å². The minimum Gasteiger partial charge on any atom is -0.484 e. The Balaban J connectivity index is 1.79. The number of anilines is 1. The summed E-state index contributed by atoms with van der Waals surface area (Å²) < 4.78 is 40.7. The molecule has 0 unspecified atom stereocenters. The van der Waals surface area contributed by atoms with Crippen molar-refractivity contribution in [2.75, 3.05) is 23.4 Å². The maximum atomic E-state index is 12.0. The molecule has 122 valence electrons. The maximum Gasteiger partial charge on any atom is 0.422 e. The van der Waals surface area contributed by atoms with Crippen LogP contribution in [0.25, 0.3) is 0 Å². The van der Waals surface area contributed by atoms with Gasteiger partial charge in [0.05, 0.1) is 0 Å². The van der Waals surface area contributed by atoms with Gasteiger partial charge in [-0.05, 0) is 48.6 Å². The van der Waals surface area contributed by atoms with E-state index in [2.05, 4.69) is 15.4 Å². The molecule has 8 heteroatoms. The molecule has 0 spiro atoms. The number of ether oxygens (including phenoxy) is 1. The lowest BCUT2D eigenvalue weighted by molar-refractivity contribution is -0.153. The van der Waals surface area contributed by atoms with Gasteiger partial charge in [-0.3, -0.25) is 0 Å². The number of rotatable bonds is 4. The van der Waals surface area contributed by atoms with Crippen molar-refractivity contribution in [2.45, 2.75) is 25.1 Å². The first kappa shape index (κ1) is 16.8. The Bertz CT molecular complexity index is 488. The number of thioether (sulfide) groups is 1. The van der Waals surface area contributed by atoms with E-state index in [1.54, 1.807) is 0 Å². The Kier molecular flexibility index (Phi) is 5.82. The van der Waals surface area contributed by atoms with E-state index in [-0.39, 0.29) is 17.8 Å². The van der Waals surface area contributed by atoms with E-state index in [4.69, 9.17) is 0 Å². The van der Waals surface area contributed by atoms with E-state index >= 15 is 0 Å². The van der Waals surface area contributed by atoms with Crippen LogP contribution in [-0.4, -0.2) is 36.4 Å². The summed E-state index contributed by atoms with van der Waals surface area (Å²) in [4.78, 5) is 11.8. The first-order valence-electron chi connectivity index (χ1n) is 6.87. The van der Waals surface area contributed by atoms with Gasteiger partial charge in [0.2, 0.25) is 0 Å². The van der Waals surface area contributed by atoms with Crippen molar-refractivity contribution in [1.82, 2.24) is 5.32 Å². The molecule has 0 radical (unpaired) electrons. The van der Waals surface area contributed by atoms with Crippen LogP contribution in [0.1, 0.15) is 12.8 Å². The number of benzene rings is 1. The summed E-state index contributed by atoms with van der Waals surface area (Å²) in [5.74, 6) is 2.18. The van der Waals surface area contributed by atoms with E-state index < -0.39 is 12.8 Å². The summed E-state index contributed by atoms with van der Waals surface area (Å²) in [6.07, 6.45) is -2.47. The fourth-order valence-corrected chi connectivity index (χ4v) is 3.10. The van der Waals surface area contributed by atoms with E-state index in [1.165, 1.54) is 24.3 Å². The van der Waals surface area contributed by atoms with E-state index in [1.807, 2.05) is 11.8 Å². The van der Waals surface area contributed by atoms with Crippen LogP contribution in [0.3, 0.4) is 0 Å². The summed E-state index contributed by atoms with van der Waals surface area (Å²) in [6, 6.07) is 5.65. The summed E-state index contributed by atoms with van der Waals surface area (Å²) in [5, 5.41) is 5.54. The number of nitrogens with one attached hydrogen (secondary N) is 2. The molecule has 1 saturated heterocycles. The highest BCUT2D eigenvalue weighted by Crippen LogP contribution is 2.20. The number of amides is 2. The number of urea groups is 1. The third-order valence-corrected chi connectivity index (χ3v) is 4.12. The molecule has 0 aromatic heterocycles. The lowest BCUT2D eigenvalue weighted by Crippen LogP contribution is -2.39. The molecule has 4 nitrogen and oxygen atoms in total. The number of carbonyl (C=O) groups is 1. The number of alkyl halides is 3. The van der Waals surface area contributed by atoms with Crippen molar-refractivity contribution in [1.29, 1.82) is 0 Å². The van der Waals surface area contributed by atoms with Gasteiger partial charge in [0, 0.05) is 11.7 Å². The van der Waals surface area contributed by atoms with Crippen LogP contribution in [-0.2, 0) is 0 Å². The monoisotopic (exact) mass is 334 g/mol. The van der Waals surface area contributed by atoms with Gasteiger partial charge in [0.15, 0.2) is 6.61 Å². The number of carbonyl (C=O) groups excluding carboxylic acids is 1. The van der Waals surface area contributed by atoms with Crippen molar-refractivity contribution >= 4 is 23.5 Å². The molecule has 0 atom stereocenters. The van der Waals surface area contributed by atoms with Crippen molar-refractivity contribution in [3.8, 4) is 5.75 Å². The standard InChI is InChI=1S/C14H17F3N2O2S/c15-14(16,17)9-21-12-3-1-10(2-4-12)18-13(20)19-11-5-7-22-8-6-11/h1-4,11H,5-9H2,(H2,18,19,20). The first-order valence-corrected chi connectivity index (χ1v) is 8.03. The minimum atomic E-state index is -4.37. The summed E-state index contributed by atoms with van der Waals surface area (Å²) in [6.45, 7) is -1.33. The molecular weight excluding hydrogens is 317 g/mol. The Morgan fingerprint density at radius 1 is 1.23 bits per heavy atom. The third-order valence-electron chi connectivity index (χ3n) is 3.07. The molecule has 0 bridgehead atoms. The van der Waals surface area contributed by atoms with Gasteiger partial charge in [0.25, 0.3) is 0 Å². The van der Waals surface area contributed by atoms with Gasteiger partial charge >= 0.3 is 12.2 Å². The lowest BCUT2D eigenvalue weighted by atomic mass is 10.2. The van der Waals surface area contributed by atoms with Crippen molar-refractivity contribution < 1.29 is 22.7 Å². The van der Waals surface area contributed by atoms with Gasteiger partial charge < -0.3 is 15.4 Å². The molecule has 2 amide bonds. The molecule has 1 heterocycles. The van der Waals surface area contributed by atoms with Crippen molar-refractivity contribution in [3.63, 3.8) is 0 Å². The lowest BCUT2D eigenvalue weighted by Gasteiger charge is -2.22. The summed E-state index contributed by atoms with van der Waals surface area (Å²) in [5.41, 5.74) is 0.502. The second kappa shape index (κ2) is 7.62. The molecule has 1 aliphatic heterocycles. The Morgan fingerprint density at radius 2 is 1.86 bits per heavy atom. The highest BCUT2D eigenvalue weighted by Gasteiger charge is 2.28. The number of hydrogen-bond acceptors (Lipinski definition) is 3. The fourth-order valence-electron chi connectivity index (χ4n) is 1.99. The minimum absolute atomic E-state index is 0.104. The molecule has 1 aromatic rings. The second-order valence-electron chi connectivity index (χ2n) is 4.91. The molecule has 1 aromatic carbocycles. The SMILES string of the molecule is O=C(Nc1ccc(OCC(F)(F)F)cc1)NC1CCSCC1. The summed E-state index contributed by atoms with van der Waals surface area (Å²) in [7, 11) is 0. The molecule has 2 N–H and O–H groups in total. The smallest absolute Gasteiger partial charge is 0.422 e. The van der Waals surface area contributed by atoms with Crippen LogP contribution in [0.2, 0.25) is 0 Å². The molecule has 22 heavy (non-hydrogen) atoms. The van der Waals surface area contributed by atoms with Gasteiger partial charge in [-0.25, -0.2) is 4.79 Å². The largest absolute Gasteiger partial charge is 0.484 e. The predicted molar refractivity (Wildman–Crippen MR) is 80.5 cm³/mol. The van der Waals surface area contributed by atoms with E-state index in [0.29, 0.717) is 5.69 Å². The van der Waals surface area contributed by atoms with Crippen LogP contribution >= 0.6 is 11.8 Å². The highest BCUT2D eigenvalue weighted by molar-refractivity contribution is 7.99. The van der Waals surface area contributed by atoms with Gasteiger partial charge in [-0.15, -0.1) is 0 Å². The van der Waals surface area contributed by atoms with Crippen molar-refractivity contribution in [3.05, 3.63) is 24.3 Å². The molecule has 1 aliphatic rings. The zero-order valence-corrected chi connectivity index (χ0v) is 12.6. The Morgan fingerprint density at radius 3 is 2.45 bits per heavy atom. The molecule has 2 rings (SSSR count). The Hall–Kier alpha value is -1.57. The van der Waals surface area contributed by atoms with Gasteiger partial charge in [-0.2, -0.15) is 24.9 Å². The van der Waals surface area contributed by atoms with Crippen LogP contribution in [0.15, 0.2) is 24.3 Å². The van der Waals surface area contributed by atoms with Crippen LogP contribution < -0.4 is 15.4 Å². The van der Waals surface area contributed by atoms with Gasteiger partial charge in [-0.1, -0.05) is 0 Å². The Labute approximate surface area is 130 Å². The zero-order valence-electron chi connectivity index (χ0n) is 11.8. The topological polar surface area (TPSA) is 50.4 Å². The quantitative estimate of drug-likeness (QED) is 0.884. The van der Waals surface area contributed by atoms with Crippen LogP contribution in [0.5, 0.6) is 5.75 Å². The average Bonchev–Trinajstić information content (AvgIpc) is 2.47. The van der Waals surface area contributed by atoms with E-state index in [9.17, 15) is 18.0 Å². The molecule has 0 aliphatic carbocycles. The fraction of sp³-hybridized carbons (Fsp3) is 0.500. The van der Waals surface area contributed by atoms with Crippen LogP contribution in [0, 0.1) is 0 Å². The molecule has 1 fully saturated rings. The second-order valence-corrected chi connectivity index (χ2v) is 6.14. The summed E-state index contributed by atoms with van der Waals surface area (Å²) >= 11 is 1.87. The predicted octanol–water partition coefficient (Wildman–Crippen LogP) is 3.64. The highest BCUT2D eigenvalue weighted by atomic mass is 32.2.